The number of aryl methyl sites for hydroxylation is 1. The lowest BCUT2D eigenvalue weighted by atomic mass is 10.2. The Labute approximate surface area is 170 Å². The molecule has 0 spiro atoms. The van der Waals surface area contributed by atoms with Gasteiger partial charge in [-0.25, -0.2) is 15.0 Å². The number of rotatable bonds is 2. The van der Waals surface area contributed by atoms with Crippen molar-refractivity contribution < 1.29 is 4.74 Å². The van der Waals surface area contributed by atoms with Gasteiger partial charge in [-0.15, -0.1) is 0 Å². The molecule has 1 aromatic heterocycles. The molecule has 144 valence electrons. The van der Waals surface area contributed by atoms with Gasteiger partial charge in [0.05, 0.1) is 5.69 Å². The van der Waals surface area contributed by atoms with Crippen LogP contribution in [0.3, 0.4) is 0 Å². The van der Waals surface area contributed by atoms with Gasteiger partial charge in [0.1, 0.15) is 11.6 Å². The molecule has 0 aliphatic carbocycles. The zero-order valence-electron chi connectivity index (χ0n) is 16.4. The van der Waals surface area contributed by atoms with Crippen LogP contribution in [0.2, 0.25) is 0 Å². The lowest BCUT2D eigenvalue weighted by Gasteiger charge is -2.05. The second-order valence-corrected chi connectivity index (χ2v) is 6.66. The molecule has 0 saturated heterocycles. The highest BCUT2D eigenvalue weighted by Gasteiger charge is 2.15. The van der Waals surface area contributed by atoms with Gasteiger partial charge in [0.15, 0.2) is 17.9 Å². The van der Waals surface area contributed by atoms with E-state index in [0.29, 0.717) is 11.6 Å². The SMILES string of the molecule is CC1Nc2ccccc2O1.Cc1nc(-c2ccccc2)nc(-c2ccccc2)n1. The van der Waals surface area contributed by atoms with E-state index in [1.807, 2.05) is 98.8 Å². The monoisotopic (exact) mass is 382 g/mol. The number of ether oxygens (including phenoxy) is 1. The summed E-state index contributed by atoms with van der Waals surface area (Å²) < 4.78 is 5.40. The van der Waals surface area contributed by atoms with Gasteiger partial charge in [-0.05, 0) is 26.0 Å². The molecule has 29 heavy (non-hydrogen) atoms. The van der Waals surface area contributed by atoms with E-state index in [1.165, 1.54) is 0 Å². The Hall–Kier alpha value is -3.73. The number of hydrogen-bond donors (Lipinski definition) is 1. The van der Waals surface area contributed by atoms with Crippen LogP contribution in [-0.2, 0) is 0 Å². The van der Waals surface area contributed by atoms with Crippen LogP contribution in [0, 0.1) is 6.92 Å². The minimum absolute atomic E-state index is 0.123. The van der Waals surface area contributed by atoms with Crippen LogP contribution in [0.5, 0.6) is 5.75 Å². The summed E-state index contributed by atoms with van der Waals surface area (Å²) in [6.45, 7) is 3.88. The molecule has 5 nitrogen and oxygen atoms in total. The molecule has 2 heterocycles. The summed E-state index contributed by atoms with van der Waals surface area (Å²) in [5, 5.41) is 3.18. The third-order valence-corrected chi connectivity index (χ3v) is 4.36. The molecule has 0 amide bonds. The van der Waals surface area contributed by atoms with Gasteiger partial charge in [0.2, 0.25) is 0 Å². The van der Waals surface area contributed by atoms with Gasteiger partial charge >= 0.3 is 0 Å². The third kappa shape index (κ3) is 4.58. The van der Waals surface area contributed by atoms with E-state index >= 15 is 0 Å². The van der Waals surface area contributed by atoms with Gasteiger partial charge in [-0.2, -0.15) is 0 Å². The largest absolute Gasteiger partial charge is 0.469 e. The lowest BCUT2D eigenvalue weighted by Crippen LogP contribution is -2.13. The number of hydrogen-bond acceptors (Lipinski definition) is 5. The zero-order chi connectivity index (χ0) is 20.1. The highest BCUT2D eigenvalue weighted by molar-refractivity contribution is 5.61. The molecule has 1 aliphatic rings. The molecular formula is C24H22N4O. The van der Waals surface area contributed by atoms with Gasteiger partial charge in [0.25, 0.3) is 0 Å². The smallest absolute Gasteiger partial charge is 0.167 e. The highest BCUT2D eigenvalue weighted by atomic mass is 16.5. The van der Waals surface area contributed by atoms with Gasteiger partial charge < -0.3 is 10.1 Å². The number of anilines is 1. The highest BCUT2D eigenvalue weighted by Crippen LogP contribution is 2.30. The first kappa shape index (κ1) is 18.6. The summed E-state index contributed by atoms with van der Waals surface area (Å²) in [5.74, 6) is 3.11. The van der Waals surface area contributed by atoms with E-state index in [1.54, 1.807) is 0 Å². The summed E-state index contributed by atoms with van der Waals surface area (Å²) in [6, 6.07) is 27.8. The average molecular weight is 382 g/mol. The van der Waals surface area contributed by atoms with E-state index in [4.69, 9.17) is 4.74 Å². The van der Waals surface area contributed by atoms with Crippen LogP contribution in [0.15, 0.2) is 84.9 Å². The third-order valence-electron chi connectivity index (χ3n) is 4.36. The Bertz CT molecular complexity index is 1000. The van der Waals surface area contributed by atoms with Crippen LogP contribution in [-0.4, -0.2) is 21.2 Å². The predicted octanol–water partition coefficient (Wildman–Crippen LogP) is 5.35. The second-order valence-electron chi connectivity index (χ2n) is 6.66. The molecule has 1 aliphatic heterocycles. The molecule has 0 radical (unpaired) electrons. The van der Waals surface area contributed by atoms with E-state index in [-0.39, 0.29) is 6.23 Å². The van der Waals surface area contributed by atoms with Crippen LogP contribution in [0.4, 0.5) is 5.69 Å². The first-order valence-electron chi connectivity index (χ1n) is 9.55. The fraction of sp³-hybridized carbons (Fsp3) is 0.125. The molecule has 1 N–H and O–H groups in total. The van der Waals surface area contributed by atoms with Crippen molar-refractivity contribution in [2.24, 2.45) is 0 Å². The molecule has 3 aromatic carbocycles. The Balaban J connectivity index is 0.000000171. The number of benzene rings is 3. The molecule has 5 rings (SSSR count). The van der Waals surface area contributed by atoms with E-state index < -0.39 is 0 Å². The number of nitrogens with zero attached hydrogens (tertiary/aromatic N) is 3. The van der Waals surface area contributed by atoms with E-state index in [2.05, 4.69) is 20.3 Å². The molecular weight excluding hydrogens is 360 g/mol. The van der Waals surface area contributed by atoms with Crippen molar-refractivity contribution in [2.45, 2.75) is 20.1 Å². The summed E-state index contributed by atoms with van der Waals surface area (Å²) in [4.78, 5) is 13.4. The Kier molecular flexibility index (Phi) is 5.47. The minimum atomic E-state index is 0.123. The van der Waals surface area contributed by atoms with Crippen molar-refractivity contribution in [3.63, 3.8) is 0 Å². The fourth-order valence-corrected chi connectivity index (χ4v) is 3.04. The topological polar surface area (TPSA) is 59.9 Å². The Morgan fingerprint density at radius 2 is 1.21 bits per heavy atom. The van der Waals surface area contributed by atoms with Crippen molar-refractivity contribution in [3.05, 3.63) is 90.8 Å². The Morgan fingerprint density at radius 1 is 0.690 bits per heavy atom. The zero-order valence-corrected chi connectivity index (χ0v) is 16.4. The first-order chi connectivity index (χ1) is 14.2. The molecule has 0 saturated carbocycles. The standard InChI is InChI=1S/C16H13N3.C8H9NO/c1-12-17-15(13-8-4-2-5-9-13)19-16(18-12)14-10-6-3-7-11-14;1-6-9-7-4-2-3-5-8(7)10-6/h2-11H,1H3;2-6,9H,1H3. The average Bonchev–Trinajstić information content (AvgIpc) is 3.15. The second kappa shape index (κ2) is 8.52. The van der Waals surface area contributed by atoms with Crippen molar-refractivity contribution in [1.82, 2.24) is 15.0 Å². The van der Waals surface area contributed by atoms with Gasteiger partial charge in [0, 0.05) is 11.1 Å². The number of nitrogens with one attached hydrogen (secondary N) is 1. The molecule has 5 heteroatoms. The van der Waals surface area contributed by atoms with Crippen LogP contribution < -0.4 is 10.1 Å². The molecule has 4 aromatic rings. The van der Waals surface area contributed by atoms with E-state index in [9.17, 15) is 0 Å². The maximum Gasteiger partial charge on any atom is 0.167 e. The van der Waals surface area contributed by atoms with E-state index in [0.717, 1.165) is 28.4 Å². The van der Waals surface area contributed by atoms with Gasteiger partial charge in [-0.3, -0.25) is 0 Å². The van der Waals surface area contributed by atoms with Crippen molar-refractivity contribution in [2.75, 3.05) is 5.32 Å². The molecule has 1 atom stereocenters. The maximum atomic E-state index is 5.40. The van der Waals surface area contributed by atoms with Gasteiger partial charge in [-0.1, -0.05) is 72.8 Å². The number of fused-ring (bicyclic) bond motifs is 1. The van der Waals surface area contributed by atoms with Crippen molar-refractivity contribution in [1.29, 1.82) is 0 Å². The first-order valence-corrected chi connectivity index (χ1v) is 9.55. The molecule has 0 fully saturated rings. The van der Waals surface area contributed by atoms with Crippen LogP contribution in [0.1, 0.15) is 12.7 Å². The lowest BCUT2D eigenvalue weighted by molar-refractivity contribution is 0.275. The van der Waals surface area contributed by atoms with Crippen molar-refractivity contribution >= 4 is 5.69 Å². The maximum absolute atomic E-state index is 5.40. The quantitative estimate of drug-likeness (QED) is 0.506. The fourth-order valence-electron chi connectivity index (χ4n) is 3.04. The van der Waals surface area contributed by atoms with Crippen molar-refractivity contribution in [3.8, 4) is 28.5 Å². The van der Waals surface area contributed by atoms with Crippen LogP contribution >= 0.6 is 0 Å². The predicted molar refractivity (Wildman–Crippen MR) is 116 cm³/mol. The summed E-state index contributed by atoms with van der Waals surface area (Å²) in [6.07, 6.45) is 0.123. The summed E-state index contributed by atoms with van der Waals surface area (Å²) >= 11 is 0. The Morgan fingerprint density at radius 3 is 1.76 bits per heavy atom. The number of para-hydroxylation sites is 2. The van der Waals surface area contributed by atoms with Crippen LogP contribution in [0.25, 0.3) is 22.8 Å². The normalized spacial score (nSPS) is 14.1. The number of aromatic nitrogens is 3. The summed E-state index contributed by atoms with van der Waals surface area (Å²) in [7, 11) is 0. The summed E-state index contributed by atoms with van der Waals surface area (Å²) in [5.41, 5.74) is 3.10. The molecule has 0 bridgehead atoms. The molecule has 1 unspecified atom stereocenters. The minimum Gasteiger partial charge on any atom is -0.469 e.